The number of anilines is 1. The van der Waals surface area contributed by atoms with Crippen LogP contribution in [0.25, 0.3) is 0 Å². The van der Waals surface area contributed by atoms with Crippen molar-refractivity contribution < 1.29 is 9.72 Å². The van der Waals surface area contributed by atoms with E-state index >= 15 is 0 Å². The fourth-order valence-electron chi connectivity index (χ4n) is 5.02. The molecule has 0 bridgehead atoms. The van der Waals surface area contributed by atoms with E-state index in [1.807, 2.05) is 29.2 Å². The first-order valence-corrected chi connectivity index (χ1v) is 10.7. The van der Waals surface area contributed by atoms with Crippen molar-refractivity contribution in [2.24, 2.45) is 5.92 Å². The van der Waals surface area contributed by atoms with E-state index in [9.17, 15) is 14.9 Å². The van der Waals surface area contributed by atoms with Gasteiger partial charge in [-0.05, 0) is 60.6 Å². The van der Waals surface area contributed by atoms with Crippen molar-refractivity contribution in [2.75, 3.05) is 18.4 Å². The summed E-state index contributed by atoms with van der Waals surface area (Å²) >= 11 is 6.01. The number of likely N-dealkylation sites (tertiary alicyclic amines) is 1. The molecular formula is C23H22ClN3O3. The van der Waals surface area contributed by atoms with Crippen LogP contribution in [0.15, 0.2) is 48.6 Å². The van der Waals surface area contributed by atoms with Crippen LogP contribution in [0.2, 0.25) is 5.02 Å². The Morgan fingerprint density at radius 1 is 1.17 bits per heavy atom. The lowest BCUT2D eigenvalue weighted by atomic mass is 9.76. The summed E-state index contributed by atoms with van der Waals surface area (Å²) in [7, 11) is 0. The number of hydrogen-bond donors (Lipinski definition) is 1. The molecule has 1 amide bonds. The highest BCUT2D eigenvalue weighted by molar-refractivity contribution is 6.32. The molecule has 2 aromatic rings. The van der Waals surface area contributed by atoms with Crippen LogP contribution < -0.4 is 5.32 Å². The zero-order chi connectivity index (χ0) is 20.8. The number of rotatable bonds is 3. The molecule has 0 spiro atoms. The number of carbonyl (C=O) groups is 1. The second kappa shape index (κ2) is 7.43. The molecule has 2 aliphatic heterocycles. The lowest BCUT2D eigenvalue weighted by Gasteiger charge is -2.37. The molecule has 3 atom stereocenters. The summed E-state index contributed by atoms with van der Waals surface area (Å²) in [6.45, 7) is 1.66. The van der Waals surface area contributed by atoms with E-state index in [2.05, 4.69) is 17.5 Å². The fourth-order valence-corrected chi connectivity index (χ4v) is 5.21. The van der Waals surface area contributed by atoms with Crippen molar-refractivity contribution >= 4 is 28.9 Å². The van der Waals surface area contributed by atoms with E-state index in [1.54, 1.807) is 12.1 Å². The number of amides is 1. The van der Waals surface area contributed by atoms with Crippen LogP contribution in [0.5, 0.6) is 0 Å². The number of hydrogen-bond acceptors (Lipinski definition) is 4. The lowest BCUT2D eigenvalue weighted by molar-refractivity contribution is -0.384. The monoisotopic (exact) mass is 423 g/mol. The Bertz CT molecular complexity index is 1060. The lowest BCUT2D eigenvalue weighted by Crippen LogP contribution is -2.30. The largest absolute Gasteiger partial charge is 0.378 e. The van der Waals surface area contributed by atoms with Gasteiger partial charge >= 0.3 is 0 Å². The average molecular weight is 424 g/mol. The van der Waals surface area contributed by atoms with E-state index in [-0.39, 0.29) is 34.5 Å². The minimum Gasteiger partial charge on any atom is -0.378 e. The first kappa shape index (κ1) is 19.1. The Morgan fingerprint density at radius 2 is 1.97 bits per heavy atom. The molecule has 1 fully saturated rings. The number of benzene rings is 2. The molecule has 3 aliphatic rings. The highest BCUT2D eigenvalue weighted by Crippen LogP contribution is 2.50. The molecule has 6 nitrogen and oxygen atoms in total. The second-order valence-electron chi connectivity index (χ2n) is 8.24. The van der Waals surface area contributed by atoms with Gasteiger partial charge < -0.3 is 10.2 Å². The fraction of sp³-hybridized carbons (Fsp3) is 0.348. The SMILES string of the molecule is O=C(c1ccc2c(c1)C1C=CCC1C(c1ccc(Cl)c([N+](=O)[O-])c1)N2)N1CCCC1. The van der Waals surface area contributed by atoms with Crippen LogP contribution in [0.3, 0.4) is 0 Å². The minimum absolute atomic E-state index is 0.0615. The number of nitrogens with zero attached hydrogens (tertiary/aromatic N) is 2. The zero-order valence-corrected chi connectivity index (χ0v) is 17.1. The highest BCUT2D eigenvalue weighted by Gasteiger charge is 2.39. The molecule has 0 radical (unpaired) electrons. The predicted molar refractivity (Wildman–Crippen MR) is 116 cm³/mol. The molecular weight excluding hydrogens is 402 g/mol. The van der Waals surface area contributed by atoms with Gasteiger partial charge in [-0.2, -0.15) is 0 Å². The standard InChI is InChI=1S/C23H22ClN3O3/c24-19-8-6-14(13-21(19)27(29)30)22-17-5-3-4-16(17)18-12-15(7-9-20(18)25-22)23(28)26-10-1-2-11-26/h3-4,6-9,12-13,16-17,22,25H,1-2,5,10-11H2. The van der Waals surface area contributed by atoms with Crippen LogP contribution in [-0.4, -0.2) is 28.8 Å². The van der Waals surface area contributed by atoms with Gasteiger partial charge in [0.1, 0.15) is 5.02 Å². The van der Waals surface area contributed by atoms with E-state index in [0.29, 0.717) is 0 Å². The van der Waals surface area contributed by atoms with Gasteiger partial charge in [-0.1, -0.05) is 29.8 Å². The van der Waals surface area contributed by atoms with E-state index in [0.717, 1.165) is 54.7 Å². The van der Waals surface area contributed by atoms with E-state index in [4.69, 9.17) is 11.6 Å². The number of carbonyl (C=O) groups excluding carboxylic acids is 1. The summed E-state index contributed by atoms with van der Waals surface area (Å²) in [6.07, 6.45) is 7.38. The number of nitro groups is 1. The van der Waals surface area contributed by atoms with Gasteiger partial charge in [-0.25, -0.2) is 0 Å². The topological polar surface area (TPSA) is 75.5 Å². The number of halogens is 1. The molecule has 2 heterocycles. The molecule has 154 valence electrons. The molecule has 0 saturated carbocycles. The third kappa shape index (κ3) is 3.16. The summed E-state index contributed by atoms with van der Waals surface area (Å²) in [6, 6.07) is 10.8. The first-order chi connectivity index (χ1) is 14.5. The van der Waals surface area contributed by atoms with Crippen molar-refractivity contribution in [3.63, 3.8) is 0 Å². The Balaban J connectivity index is 1.50. The zero-order valence-electron chi connectivity index (χ0n) is 16.4. The normalized spacial score (nSPS) is 24.3. The molecule has 5 rings (SSSR count). The summed E-state index contributed by atoms with van der Waals surface area (Å²) in [5.41, 5.74) is 3.61. The molecule has 30 heavy (non-hydrogen) atoms. The summed E-state index contributed by atoms with van der Waals surface area (Å²) in [5, 5.41) is 15.1. The Hall–Kier alpha value is -2.86. The number of nitro benzene ring substituents is 1. The van der Waals surface area contributed by atoms with Gasteiger partial charge in [0.2, 0.25) is 0 Å². The van der Waals surface area contributed by atoms with Crippen LogP contribution in [0, 0.1) is 16.0 Å². The average Bonchev–Trinajstić information content (AvgIpc) is 3.45. The molecule has 1 saturated heterocycles. The van der Waals surface area contributed by atoms with Crippen LogP contribution in [0.4, 0.5) is 11.4 Å². The van der Waals surface area contributed by atoms with Crippen molar-refractivity contribution in [2.45, 2.75) is 31.2 Å². The van der Waals surface area contributed by atoms with Gasteiger partial charge in [-0.3, -0.25) is 14.9 Å². The second-order valence-corrected chi connectivity index (χ2v) is 8.65. The van der Waals surface area contributed by atoms with E-state index < -0.39 is 4.92 Å². The first-order valence-electron chi connectivity index (χ1n) is 10.3. The summed E-state index contributed by atoms with van der Waals surface area (Å²) < 4.78 is 0. The molecule has 1 N–H and O–H groups in total. The third-order valence-corrected chi connectivity index (χ3v) is 6.85. The molecule has 2 aromatic carbocycles. The minimum atomic E-state index is -0.441. The van der Waals surface area contributed by atoms with Crippen LogP contribution >= 0.6 is 11.6 Å². The van der Waals surface area contributed by atoms with E-state index in [1.165, 1.54) is 0 Å². The quantitative estimate of drug-likeness (QED) is 0.412. The maximum absolute atomic E-state index is 12.9. The highest BCUT2D eigenvalue weighted by atomic mass is 35.5. The van der Waals surface area contributed by atoms with Crippen molar-refractivity contribution in [3.05, 3.63) is 80.4 Å². The van der Waals surface area contributed by atoms with Gasteiger partial charge in [0, 0.05) is 36.3 Å². The van der Waals surface area contributed by atoms with Crippen molar-refractivity contribution in [1.29, 1.82) is 0 Å². The summed E-state index contributed by atoms with van der Waals surface area (Å²) in [4.78, 5) is 25.7. The Kier molecular flexibility index (Phi) is 4.74. The van der Waals surface area contributed by atoms with Gasteiger partial charge in [0.15, 0.2) is 0 Å². The number of allylic oxidation sites excluding steroid dienone is 2. The maximum atomic E-state index is 12.9. The maximum Gasteiger partial charge on any atom is 0.288 e. The Morgan fingerprint density at radius 3 is 2.73 bits per heavy atom. The third-order valence-electron chi connectivity index (χ3n) is 6.53. The smallest absolute Gasteiger partial charge is 0.288 e. The van der Waals surface area contributed by atoms with Gasteiger partial charge in [0.05, 0.1) is 11.0 Å². The Labute approximate surface area is 179 Å². The molecule has 0 aromatic heterocycles. The van der Waals surface area contributed by atoms with Crippen LogP contribution in [0.1, 0.15) is 52.7 Å². The molecule has 3 unspecified atom stereocenters. The van der Waals surface area contributed by atoms with Crippen LogP contribution in [-0.2, 0) is 0 Å². The molecule has 7 heteroatoms. The molecule has 1 aliphatic carbocycles. The predicted octanol–water partition coefficient (Wildman–Crippen LogP) is 5.31. The summed E-state index contributed by atoms with van der Waals surface area (Å²) in [5.74, 6) is 0.506. The van der Waals surface area contributed by atoms with Gasteiger partial charge in [0.25, 0.3) is 11.6 Å². The number of nitrogens with one attached hydrogen (secondary N) is 1. The number of fused-ring (bicyclic) bond motifs is 3. The van der Waals surface area contributed by atoms with Crippen molar-refractivity contribution in [3.8, 4) is 0 Å². The van der Waals surface area contributed by atoms with Crippen molar-refractivity contribution in [1.82, 2.24) is 4.90 Å². The van der Waals surface area contributed by atoms with Gasteiger partial charge in [-0.15, -0.1) is 0 Å².